The largest absolute Gasteiger partial charge is 0.504 e. The first-order valence-corrected chi connectivity index (χ1v) is 11.1. The SMILES string of the molecule is CCOc1cc(C2CC(=O)Nc3c2c(=O)nc(SCc2ccc(F)cc2)n3C)ccc1O. The van der Waals surface area contributed by atoms with Crippen molar-refractivity contribution in [2.24, 2.45) is 7.05 Å². The smallest absolute Gasteiger partial charge is 0.279 e. The number of amides is 1. The van der Waals surface area contributed by atoms with Crippen LogP contribution in [-0.4, -0.2) is 27.2 Å². The molecule has 1 aromatic heterocycles. The van der Waals surface area contributed by atoms with Crippen LogP contribution in [0.3, 0.4) is 0 Å². The first-order chi connectivity index (χ1) is 15.4. The van der Waals surface area contributed by atoms with E-state index in [1.54, 1.807) is 42.8 Å². The van der Waals surface area contributed by atoms with Crippen LogP contribution in [0.15, 0.2) is 52.4 Å². The number of phenols is 1. The van der Waals surface area contributed by atoms with E-state index in [1.807, 2.05) is 0 Å². The summed E-state index contributed by atoms with van der Waals surface area (Å²) in [7, 11) is 1.74. The van der Waals surface area contributed by atoms with Crippen LogP contribution < -0.4 is 15.6 Å². The Kier molecular flexibility index (Phi) is 6.18. The van der Waals surface area contributed by atoms with Gasteiger partial charge in [0.15, 0.2) is 16.7 Å². The van der Waals surface area contributed by atoms with Gasteiger partial charge in [-0.25, -0.2) is 4.39 Å². The summed E-state index contributed by atoms with van der Waals surface area (Å²) in [4.78, 5) is 29.8. The second-order valence-corrected chi connectivity index (χ2v) is 8.34. The number of carbonyl (C=O) groups excluding carboxylic acids is 1. The molecule has 2 heterocycles. The van der Waals surface area contributed by atoms with E-state index in [2.05, 4.69) is 10.3 Å². The molecule has 2 aromatic carbocycles. The van der Waals surface area contributed by atoms with Gasteiger partial charge < -0.3 is 19.7 Å². The molecule has 0 radical (unpaired) electrons. The molecule has 9 heteroatoms. The third-order valence-electron chi connectivity index (χ3n) is 5.27. The van der Waals surface area contributed by atoms with Crippen LogP contribution in [0.1, 0.15) is 36.0 Å². The number of nitrogens with one attached hydrogen (secondary N) is 1. The average molecular weight is 456 g/mol. The third-order valence-corrected chi connectivity index (χ3v) is 6.37. The fourth-order valence-electron chi connectivity index (χ4n) is 3.70. The molecule has 166 valence electrons. The quantitative estimate of drug-likeness (QED) is 0.434. The number of carbonyl (C=O) groups is 1. The normalized spacial score (nSPS) is 15.2. The zero-order valence-corrected chi connectivity index (χ0v) is 18.4. The molecule has 0 saturated carbocycles. The zero-order valence-electron chi connectivity index (χ0n) is 17.6. The molecule has 1 aliphatic heterocycles. The highest BCUT2D eigenvalue weighted by Crippen LogP contribution is 2.39. The molecule has 0 saturated heterocycles. The van der Waals surface area contributed by atoms with Gasteiger partial charge in [0.25, 0.3) is 5.56 Å². The summed E-state index contributed by atoms with van der Waals surface area (Å²) >= 11 is 1.33. The number of phenolic OH excluding ortho intramolecular Hbond substituents is 1. The van der Waals surface area contributed by atoms with Gasteiger partial charge in [0, 0.05) is 25.1 Å². The number of rotatable bonds is 6. The van der Waals surface area contributed by atoms with Crippen LogP contribution >= 0.6 is 11.8 Å². The van der Waals surface area contributed by atoms with E-state index in [-0.39, 0.29) is 23.9 Å². The number of hydrogen-bond acceptors (Lipinski definition) is 6. The average Bonchev–Trinajstić information content (AvgIpc) is 2.77. The summed E-state index contributed by atoms with van der Waals surface area (Å²) in [6.45, 7) is 2.18. The van der Waals surface area contributed by atoms with E-state index in [0.29, 0.717) is 40.2 Å². The maximum Gasteiger partial charge on any atom is 0.279 e. The molecule has 1 atom stereocenters. The van der Waals surface area contributed by atoms with Crippen molar-refractivity contribution < 1.29 is 19.0 Å². The molecule has 2 N–H and O–H groups in total. The fourth-order valence-corrected chi connectivity index (χ4v) is 4.62. The Morgan fingerprint density at radius 3 is 2.72 bits per heavy atom. The molecule has 32 heavy (non-hydrogen) atoms. The van der Waals surface area contributed by atoms with Crippen LogP contribution in [0.4, 0.5) is 10.2 Å². The second-order valence-electron chi connectivity index (χ2n) is 7.40. The minimum Gasteiger partial charge on any atom is -0.504 e. The lowest BCUT2D eigenvalue weighted by atomic mass is 9.86. The van der Waals surface area contributed by atoms with E-state index in [9.17, 15) is 19.1 Å². The predicted octanol–water partition coefficient (Wildman–Crippen LogP) is 3.79. The Hall–Kier alpha value is -3.33. The molecule has 1 aliphatic rings. The molecular weight excluding hydrogens is 433 g/mol. The van der Waals surface area contributed by atoms with Crippen LogP contribution in [0.2, 0.25) is 0 Å². The minimum atomic E-state index is -0.513. The van der Waals surface area contributed by atoms with Gasteiger partial charge >= 0.3 is 0 Å². The van der Waals surface area contributed by atoms with Gasteiger partial charge in [-0.1, -0.05) is 30.0 Å². The fraction of sp³-hybridized carbons (Fsp3) is 0.261. The first-order valence-electron chi connectivity index (χ1n) is 10.1. The van der Waals surface area contributed by atoms with Gasteiger partial charge in [-0.15, -0.1) is 0 Å². The standard InChI is InChI=1S/C23H22FN3O4S/c1-3-31-18-10-14(6-9-17(18)28)16-11-19(29)25-21-20(16)22(30)26-23(27(21)2)32-12-13-4-7-15(24)8-5-13/h4-10,16,28H,3,11-12H2,1-2H3,(H,25,29). The maximum absolute atomic E-state index is 13.1. The molecule has 7 nitrogen and oxygen atoms in total. The maximum atomic E-state index is 13.1. The molecule has 0 fully saturated rings. The lowest BCUT2D eigenvalue weighted by Crippen LogP contribution is -2.33. The highest BCUT2D eigenvalue weighted by Gasteiger charge is 2.32. The monoisotopic (exact) mass is 455 g/mol. The number of fused-ring (bicyclic) bond motifs is 1. The van der Waals surface area contributed by atoms with Gasteiger partial charge in [-0.2, -0.15) is 4.98 Å². The summed E-state index contributed by atoms with van der Waals surface area (Å²) < 4.78 is 20.3. The number of nitrogens with zero attached hydrogens (tertiary/aromatic N) is 2. The zero-order chi connectivity index (χ0) is 22.8. The Morgan fingerprint density at radius 1 is 1.25 bits per heavy atom. The van der Waals surface area contributed by atoms with Gasteiger partial charge in [-0.05, 0) is 42.3 Å². The van der Waals surface area contributed by atoms with E-state index in [0.717, 1.165) is 5.56 Å². The lowest BCUT2D eigenvalue weighted by molar-refractivity contribution is -0.116. The summed E-state index contributed by atoms with van der Waals surface area (Å²) in [5.74, 6) is 0.146. The highest BCUT2D eigenvalue weighted by molar-refractivity contribution is 7.98. The summed E-state index contributed by atoms with van der Waals surface area (Å²) in [5.41, 5.74) is 1.55. The van der Waals surface area contributed by atoms with Gasteiger partial charge in [-0.3, -0.25) is 9.59 Å². The topological polar surface area (TPSA) is 93.5 Å². The van der Waals surface area contributed by atoms with Crippen molar-refractivity contribution in [2.75, 3.05) is 11.9 Å². The minimum absolute atomic E-state index is 0.00495. The number of anilines is 1. The second kappa shape index (κ2) is 9.04. The van der Waals surface area contributed by atoms with Crippen LogP contribution in [0.5, 0.6) is 11.5 Å². The molecule has 0 aliphatic carbocycles. The van der Waals surface area contributed by atoms with Gasteiger partial charge in [0.1, 0.15) is 11.6 Å². The Balaban J connectivity index is 1.70. The van der Waals surface area contributed by atoms with E-state index in [1.165, 1.54) is 30.0 Å². The lowest BCUT2D eigenvalue weighted by Gasteiger charge is -2.27. The van der Waals surface area contributed by atoms with Crippen LogP contribution in [-0.2, 0) is 17.6 Å². The van der Waals surface area contributed by atoms with Crippen molar-refractivity contribution in [2.45, 2.75) is 30.2 Å². The molecule has 3 aromatic rings. The van der Waals surface area contributed by atoms with Crippen LogP contribution in [0.25, 0.3) is 0 Å². The highest BCUT2D eigenvalue weighted by atomic mass is 32.2. The van der Waals surface area contributed by atoms with Crippen LogP contribution in [0, 0.1) is 5.82 Å². The van der Waals surface area contributed by atoms with Crippen molar-refractivity contribution in [3.63, 3.8) is 0 Å². The number of aromatic hydroxyl groups is 1. The van der Waals surface area contributed by atoms with E-state index >= 15 is 0 Å². The van der Waals surface area contributed by atoms with Crippen molar-refractivity contribution in [3.8, 4) is 11.5 Å². The number of hydrogen-bond donors (Lipinski definition) is 2. The number of thioether (sulfide) groups is 1. The number of halogens is 1. The van der Waals surface area contributed by atoms with Gasteiger partial charge in [0.05, 0.1) is 12.2 Å². The summed E-state index contributed by atoms with van der Waals surface area (Å²) in [5, 5.41) is 13.3. The molecule has 1 amide bonds. The molecule has 4 rings (SSSR count). The van der Waals surface area contributed by atoms with E-state index in [4.69, 9.17) is 4.74 Å². The van der Waals surface area contributed by atoms with Crippen molar-refractivity contribution in [1.82, 2.24) is 9.55 Å². The Morgan fingerprint density at radius 2 is 2.00 bits per heavy atom. The number of aromatic nitrogens is 2. The van der Waals surface area contributed by atoms with Crippen molar-refractivity contribution in [3.05, 3.63) is 75.3 Å². The van der Waals surface area contributed by atoms with Crippen molar-refractivity contribution >= 4 is 23.5 Å². The molecule has 1 unspecified atom stereocenters. The number of benzene rings is 2. The van der Waals surface area contributed by atoms with E-state index < -0.39 is 11.5 Å². The predicted molar refractivity (Wildman–Crippen MR) is 120 cm³/mol. The number of ether oxygens (including phenoxy) is 1. The van der Waals surface area contributed by atoms with Gasteiger partial charge in [0.2, 0.25) is 5.91 Å². The van der Waals surface area contributed by atoms with Crippen molar-refractivity contribution in [1.29, 1.82) is 0 Å². The Bertz CT molecular complexity index is 1230. The Labute approximate surface area is 188 Å². The summed E-state index contributed by atoms with van der Waals surface area (Å²) in [6, 6.07) is 11.0. The first kappa shape index (κ1) is 21.9. The third kappa shape index (κ3) is 4.34. The summed E-state index contributed by atoms with van der Waals surface area (Å²) in [6.07, 6.45) is 0.0856. The molecule has 0 spiro atoms. The molecular formula is C23H22FN3O4S. The molecule has 0 bridgehead atoms.